The normalized spacial score (nSPS) is 10.5. The molecular formula is C21H17BrN6OS. The van der Waals surface area contributed by atoms with Crippen LogP contribution < -0.4 is 16.0 Å². The molecule has 0 aliphatic carbocycles. The second kappa shape index (κ2) is 9.02. The first kappa shape index (κ1) is 20.0. The van der Waals surface area contributed by atoms with Gasteiger partial charge in [0.25, 0.3) is 5.91 Å². The molecule has 0 fully saturated rings. The summed E-state index contributed by atoms with van der Waals surface area (Å²) in [6.45, 7) is 2.01. The lowest BCUT2D eigenvalue weighted by molar-refractivity contribution is 0.103. The SMILES string of the molecule is Cc1ccnc(Nc2cc(Nc3ccc(NC(=O)c4cc(Br)cs4)cc3)ncn2)c1. The molecule has 7 nitrogen and oxygen atoms in total. The molecule has 3 aromatic heterocycles. The summed E-state index contributed by atoms with van der Waals surface area (Å²) >= 11 is 4.75. The Morgan fingerprint density at radius 2 is 1.60 bits per heavy atom. The summed E-state index contributed by atoms with van der Waals surface area (Å²) in [6, 6.07) is 14.9. The van der Waals surface area contributed by atoms with Gasteiger partial charge < -0.3 is 16.0 Å². The van der Waals surface area contributed by atoms with Crippen LogP contribution in [0, 0.1) is 6.92 Å². The van der Waals surface area contributed by atoms with Crippen molar-refractivity contribution in [3.05, 3.63) is 81.3 Å². The maximum atomic E-state index is 12.2. The molecule has 1 amide bonds. The number of halogens is 1. The van der Waals surface area contributed by atoms with E-state index in [0.717, 1.165) is 21.5 Å². The fourth-order valence-corrected chi connectivity index (χ4v) is 3.96. The van der Waals surface area contributed by atoms with E-state index in [1.165, 1.54) is 17.7 Å². The molecule has 1 aromatic carbocycles. The number of carbonyl (C=O) groups excluding carboxylic acids is 1. The number of nitrogens with zero attached hydrogens (tertiary/aromatic N) is 3. The zero-order valence-electron chi connectivity index (χ0n) is 15.9. The fourth-order valence-electron chi connectivity index (χ4n) is 2.64. The number of benzene rings is 1. The predicted octanol–water partition coefficient (Wildman–Crippen LogP) is 5.74. The van der Waals surface area contributed by atoms with Crippen molar-refractivity contribution in [3.8, 4) is 0 Å². The topological polar surface area (TPSA) is 91.8 Å². The number of rotatable bonds is 6. The lowest BCUT2D eigenvalue weighted by Gasteiger charge is -2.09. The molecule has 0 spiro atoms. The van der Waals surface area contributed by atoms with Crippen molar-refractivity contribution in [2.45, 2.75) is 6.92 Å². The molecular weight excluding hydrogens is 464 g/mol. The first-order valence-corrected chi connectivity index (χ1v) is 10.7. The number of amides is 1. The Hall–Kier alpha value is -3.30. The highest BCUT2D eigenvalue weighted by molar-refractivity contribution is 9.10. The lowest BCUT2D eigenvalue weighted by atomic mass is 10.2. The van der Waals surface area contributed by atoms with Gasteiger partial charge in [0.05, 0.1) is 4.88 Å². The Labute approximate surface area is 185 Å². The third kappa shape index (κ3) is 5.19. The molecule has 9 heteroatoms. The fraction of sp³-hybridized carbons (Fsp3) is 0.0476. The number of pyridine rings is 1. The largest absolute Gasteiger partial charge is 0.340 e. The first-order chi connectivity index (χ1) is 14.5. The van der Waals surface area contributed by atoms with E-state index >= 15 is 0 Å². The van der Waals surface area contributed by atoms with E-state index in [1.807, 2.05) is 48.7 Å². The van der Waals surface area contributed by atoms with Crippen LogP contribution in [-0.2, 0) is 0 Å². The molecule has 30 heavy (non-hydrogen) atoms. The van der Waals surface area contributed by atoms with Crippen LogP contribution >= 0.6 is 27.3 Å². The quantitative estimate of drug-likeness (QED) is 0.325. The van der Waals surface area contributed by atoms with E-state index in [1.54, 1.807) is 18.3 Å². The molecule has 3 heterocycles. The van der Waals surface area contributed by atoms with Crippen molar-refractivity contribution < 1.29 is 4.79 Å². The number of nitrogens with one attached hydrogen (secondary N) is 3. The first-order valence-electron chi connectivity index (χ1n) is 8.99. The number of thiophene rings is 1. The van der Waals surface area contributed by atoms with Crippen LogP contribution in [0.2, 0.25) is 0 Å². The summed E-state index contributed by atoms with van der Waals surface area (Å²) in [5.74, 6) is 1.86. The summed E-state index contributed by atoms with van der Waals surface area (Å²) in [6.07, 6.45) is 3.23. The lowest BCUT2D eigenvalue weighted by Crippen LogP contribution is -2.09. The van der Waals surface area contributed by atoms with Crippen molar-refractivity contribution in [1.29, 1.82) is 0 Å². The van der Waals surface area contributed by atoms with Crippen LogP contribution in [0.3, 0.4) is 0 Å². The minimum Gasteiger partial charge on any atom is -0.340 e. The van der Waals surface area contributed by atoms with Gasteiger partial charge in [-0.3, -0.25) is 4.79 Å². The molecule has 4 aromatic rings. The Morgan fingerprint density at radius 1 is 0.900 bits per heavy atom. The van der Waals surface area contributed by atoms with Crippen LogP contribution in [-0.4, -0.2) is 20.9 Å². The smallest absolute Gasteiger partial charge is 0.265 e. The highest BCUT2D eigenvalue weighted by Crippen LogP contribution is 2.23. The third-order valence-electron chi connectivity index (χ3n) is 4.05. The van der Waals surface area contributed by atoms with Gasteiger partial charge in [0.15, 0.2) is 0 Å². The van der Waals surface area contributed by atoms with Gasteiger partial charge in [0, 0.05) is 33.5 Å². The van der Waals surface area contributed by atoms with Crippen molar-refractivity contribution >= 4 is 62.0 Å². The van der Waals surface area contributed by atoms with Crippen molar-refractivity contribution in [2.75, 3.05) is 16.0 Å². The van der Waals surface area contributed by atoms with E-state index in [9.17, 15) is 4.79 Å². The number of aryl methyl sites for hydroxylation is 1. The molecule has 0 unspecified atom stereocenters. The van der Waals surface area contributed by atoms with Crippen LogP contribution in [0.25, 0.3) is 0 Å². The highest BCUT2D eigenvalue weighted by Gasteiger charge is 2.09. The standard InChI is InChI=1S/C21H17BrN6OS/c1-13-6-7-23-18(8-13)28-20-10-19(24-12-25-20)26-15-2-4-16(5-3-15)27-21(29)17-9-14(22)11-30-17/h2-12H,1H3,(H,27,29)(H2,23,24,25,26,28). The summed E-state index contributed by atoms with van der Waals surface area (Å²) in [5, 5.41) is 11.2. The van der Waals surface area contributed by atoms with Crippen molar-refractivity contribution in [3.63, 3.8) is 0 Å². The zero-order chi connectivity index (χ0) is 20.9. The van der Waals surface area contributed by atoms with Gasteiger partial charge in [-0.1, -0.05) is 0 Å². The number of carbonyl (C=O) groups is 1. The molecule has 4 rings (SSSR count). The highest BCUT2D eigenvalue weighted by atomic mass is 79.9. The van der Waals surface area contributed by atoms with Crippen LogP contribution in [0.5, 0.6) is 0 Å². The number of hydrogen-bond donors (Lipinski definition) is 3. The molecule has 3 N–H and O–H groups in total. The second-order valence-electron chi connectivity index (χ2n) is 6.42. The number of aromatic nitrogens is 3. The maximum Gasteiger partial charge on any atom is 0.265 e. The maximum absolute atomic E-state index is 12.2. The minimum atomic E-state index is -0.136. The van der Waals surface area contributed by atoms with Gasteiger partial charge in [-0.05, 0) is 70.9 Å². The Bertz CT molecular complexity index is 1180. The van der Waals surface area contributed by atoms with Crippen molar-refractivity contribution in [1.82, 2.24) is 15.0 Å². The Morgan fingerprint density at radius 3 is 2.30 bits per heavy atom. The molecule has 0 radical (unpaired) electrons. The van der Waals surface area contributed by atoms with Crippen LogP contribution in [0.15, 0.2) is 70.9 Å². The van der Waals surface area contributed by atoms with Crippen LogP contribution in [0.4, 0.5) is 28.8 Å². The number of hydrogen-bond acceptors (Lipinski definition) is 7. The summed E-state index contributed by atoms with van der Waals surface area (Å²) in [5.41, 5.74) is 2.66. The zero-order valence-corrected chi connectivity index (χ0v) is 18.3. The van der Waals surface area contributed by atoms with Gasteiger partial charge in [-0.15, -0.1) is 11.3 Å². The number of anilines is 5. The average molecular weight is 481 g/mol. The average Bonchev–Trinajstić information content (AvgIpc) is 3.16. The molecule has 0 saturated heterocycles. The molecule has 0 saturated carbocycles. The van der Waals surface area contributed by atoms with E-state index in [0.29, 0.717) is 22.2 Å². The van der Waals surface area contributed by atoms with Gasteiger partial charge >= 0.3 is 0 Å². The van der Waals surface area contributed by atoms with Gasteiger partial charge in [0.1, 0.15) is 23.8 Å². The van der Waals surface area contributed by atoms with Gasteiger partial charge in [-0.25, -0.2) is 15.0 Å². The van der Waals surface area contributed by atoms with E-state index in [2.05, 4.69) is 46.8 Å². The summed E-state index contributed by atoms with van der Waals surface area (Å²) in [4.78, 5) is 25.7. The van der Waals surface area contributed by atoms with Gasteiger partial charge in [-0.2, -0.15) is 0 Å². The molecule has 0 aliphatic heterocycles. The summed E-state index contributed by atoms with van der Waals surface area (Å²) in [7, 11) is 0. The van der Waals surface area contributed by atoms with Crippen molar-refractivity contribution in [2.24, 2.45) is 0 Å². The second-order valence-corrected chi connectivity index (χ2v) is 8.24. The van der Waals surface area contributed by atoms with E-state index in [-0.39, 0.29) is 5.91 Å². The molecule has 0 atom stereocenters. The molecule has 150 valence electrons. The third-order valence-corrected chi connectivity index (χ3v) is 5.73. The van der Waals surface area contributed by atoms with Gasteiger partial charge in [0.2, 0.25) is 0 Å². The molecule has 0 bridgehead atoms. The monoisotopic (exact) mass is 480 g/mol. The predicted molar refractivity (Wildman–Crippen MR) is 124 cm³/mol. The van der Waals surface area contributed by atoms with E-state index < -0.39 is 0 Å². The van der Waals surface area contributed by atoms with E-state index in [4.69, 9.17) is 0 Å². The Kier molecular flexibility index (Phi) is 6.01. The summed E-state index contributed by atoms with van der Waals surface area (Å²) < 4.78 is 0.897. The minimum absolute atomic E-state index is 0.136. The Balaban J connectivity index is 1.40. The molecule has 0 aliphatic rings. The van der Waals surface area contributed by atoms with Crippen LogP contribution in [0.1, 0.15) is 15.2 Å².